The van der Waals surface area contributed by atoms with Gasteiger partial charge in [-0.15, -0.1) is 0 Å². The molecule has 0 saturated heterocycles. The van der Waals surface area contributed by atoms with Gasteiger partial charge < -0.3 is 10.2 Å². The van der Waals surface area contributed by atoms with Gasteiger partial charge in [0.25, 0.3) is 0 Å². The van der Waals surface area contributed by atoms with E-state index in [-0.39, 0.29) is 11.5 Å². The SMILES string of the molecule is Oc1cc2ccc(C#CCc3cccnc3)cc2c(O)c1Cc1ccccc1. The van der Waals surface area contributed by atoms with Crippen LogP contribution in [0.25, 0.3) is 10.8 Å². The Morgan fingerprint density at radius 2 is 1.68 bits per heavy atom. The van der Waals surface area contributed by atoms with Crippen molar-refractivity contribution < 1.29 is 10.2 Å². The number of fused-ring (bicyclic) bond motifs is 1. The number of hydrogen-bond donors (Lipinski definition) is 2. The molecule has 0 aliphatic rings. The molecule has 3 aromatic carbocycles. The summed E-state index contributed by atoms with van der Waals surface area (Å²) in [5.74, 6) is 6.50. The van der Waals surface area contributed by atoms with Crippen molar-refractivity contribution in [2.45, 2.75) is 12.8 Å². The summed E-state index contributed by atoms with van der Waals surface area (Å²) in [5.41, 5.74) is 3.44. The maximum absolute atomic E-state index is 10.8. The second kappa shape index (κ2) is 7.85. The quantitative estimate of drug-likeness (QED) is 0.511. The lowest BCUT2D eigenvalue weighted by molar-refractivity contribution is 0.445. The van der Waals surface area contributed by atoms with Crippen molar-refractivity contribution >= 4 is 10.8 Å². The van der Waals surface area contributed by atoms with E-state index in [0.717, 1.165) is 22.1 Å². The average molecular weight is 365 g/mol. The molecule has 0 amide bonds. The van der Waals surface area contributed by atoms with Gasteiger partial charge in [0.2, 0.25) is 0 Å². The van der Waals surface area contributed by atoms with Crippen molar-refractivity contribution in [1.29, 1.82) is 0 Å². The summed E-state index contributed by atoms with van der Waals surface area (Å²) in [6.07, 6.45) is 4.63. The largest absolute Gasteiger partial charge is 0.507 e. The number of rotatable bonds is 3. The standard InChI is InChI=1S/C25H19NO2/c27-24-16-21-12-11-19(8-4-9-20-10-5-13-26-17-20)14-22(21)25(28)23(24)15-18-6-2-1-3-7-18/h1-3,5-7,10-14,16-17,27-28H,9,15H2. The molecular weight excluding hydrogens is 346 g/mol. The van der Waals surface area contributed by atoms with Gasteiger partial charge in [-0.2, -0.15) is 0 Å². The topological polar surface area (TPSA) is 53.4 Å². The van der Waals surface area contributed by atoms with E-state index in [4.69, 9.17) is 0 Å². The Bertz CT molecular complexity index is 1170. The lowest BCUT2D eigenvalue weighted by atomic mass is 9.97. The monoisotopic (exact) mass is 365 g/mol. The summed E-state index contributed by atoms with van der Waals surface area (Å²) in [5, 5.41) is 22.7. The third-order valence-corrected chi connectivity index (χ3v) is 4.67. The third kappa shape index (κ3) is 3.82. The summed E-state index contributed by atoms with van der Waals surface area (Å²) in [6.45, 7) is 0. The highest BCUT2D eigenvalue weighted by atomic mass is 16.3. The summed E-state index contributed by atoms with van der Waals surface area (Å²) in [7, 11) is 0. The van der Waals surface area contributed by atoms with E-state index < -0.39 is 0 Å². The van der Waals surface area contributed by atoms with E-state index in [0.29, 0.717) is 23.8 Å². The fourth-order valence-electron chi connectivity index (χ4n) is 3.21. The molecule has 28 heavy (non-hydrogen) atoms. The molecule has 1 aromatic heterocycles. The van der Waals surface area contributed by atoms with E-state index >= 15 is 0 Å². The van der Waals surface area contributed by atoms with Gasteiger partial charge in [-0.05, 0) is 40.8 Å². The van der Waals surface area contributed by atoms with Gasteiger partial charge >= 0.3 is 0 Å². The zero-order chi connectivity index (χ0) is 19.3. The lowest BCUT2D eigenvalue weighted by Gasteiger charge is -2.11. The Morgan fingerprint density at radius 3 is 2.46 bits per heavy atom. The van der Waals surface area contributed by atoms with Crippen LogP contribution in [0.15, 0.2) is 79.1 Å². The van der Waals surface area contributed by atoms with Gasteiger partial charge in [0.05, 0.1) is 0 Å². The number of benzene rings is 3. The minimum absolute atomic E-state index is 0.101. The molecule has 3 heteroatoms. The van der Waals surface area contributed by atoms with E-state index in [1.165, 1.54) is 0 Å². The first-order chi connectivity index (χ1) is 13.7. The Morgan fingerprint density at radius 1 is 0.857 bits per heavy atom. The smallest absolute Gasteiger partial charge is 0.130 e. The van der Waals surface area contributed by atoms with Crippen LogP contribution in [0.5, 0.6) is 11.5 Å². The van der Waals surface area contributed by atoms with E-state index in [9.17, 15) is 10.2 Å². The molecule has 0 aliphatic heterocycles. The van der Waals surface area contributed by atoms with Crippen LogP contribution < -0.4 is 0 Å². The van der Waals surface area contributed by atoms with Gasteiger partial charge in [-0.1, -0.05) is 54.3 Å². The van der Waals surface area contributed by atoms with Crippen molar-refractivity contribution in [1.82, 2.24) is 4.98 Å². The molecule has 3 nitrogen and oxygen atoms in total. The van der Waals surface area contributed by atoms with Crippen LogP contribution >= 0.6 is 0 Å². The first-order valence-corrected chi connectivity index (χ1v) is 9.10. The second-order valence-corrected chi connectivity index (χ2v) is 6.66. The highest BCUT2D eigenvalue weighted by Gasteiger charge is 2.13. The van der Waals surface area contributed by atoms with Crippen molar-refractivity contribution in [3.05, 3.63) is 101 Å². The minimum Gasteiger partial charge on any atom is -0.507 e. The van der Waals surface area contributed by atoms with Crippen molar-refractivity contribution in [3.63, 3.8) is 0 Å². The predicted octanol–water partition coefficient (Wildman–Crippen LogP) is 4.83. The van der Waals surface area contributed by atoms with Crippen molar-refractivity contribution in [2.75, 3.05) is 0 Å². The second-order valence-electron chi connectivity index (χ2n) is 6.66. The van der Waals surface area contributed by atoms with Crippen LogP contribution in [-0.2, 0) is 12.8 Å². The van der Waals surface area contributed by atoms with Crippen molar-refractivity contribution in [3.8, 4) is 23.3 Å². The summed E-state index contributed by atoms with van der Waals surface area (Å²) in [4.78, 5) is 4.09. The van der Waals surface area contributed by atoms with Gasteiger partial charge in [-0.25, -0.2) is 0 Å². The van der Waals surface area contributed by atoms with Crippen LogP contribution in [0, 0.1) is 11.8 Å². The van der Waals surface area contributed by atoms with Gasteiger partial charge in [0.1, 0.15) is 11.5 Å². The molecule has 136 valence electrons. The minimum atomic E-state index is 0.101. The van der Waals surface area contributed by atoms with Crippen LogP contribution in [0.3, 0.4) is 0 Å². The zero-order valence-corrected chi connectivity index (χ0v) is 15.3. The van der Waals surface area contributed by atoms with E-state index in [1.807, 2.05) is 60.7 Å². The highest BCUT2D eigenvalue weighted by molar-refractivity contribution is 5.92. The number of hydrogen-bond acceptors (Lipinski definition) is 3. The molecule has 4 rings (SSSR count). The van der Waals surface area contributed by atoms with Gasteiger partial charge in [-0.3, -0.25) is 4.98 Å². The number of phenolic OH excluding ortho intramolecular Hbond substituents is 2. The lowest BCUT2D eigenvalue weighted by Crippen LogP contribution is -1.91. The van der Waals surface area contributed by atoms with E-state index in [1.54, 1.807) is 18.5 Å². The predicted molar refractivity (Wildman–Crippen MR) is 111 cm³/mol. The zero-order valence-electron chi connectivity index (χ0n) is 15.3. The molecule has 4 aromatic rings. The molecule has 0 fully saturated rings. The molecule has 0 radical (unpaired) electrons. The van der Waals surface area contributed by atoms with E-state index in [2.05, 4.69) is 16.8 Å². The average Bonchev–Trinajstić information content (AvgIpc) is 2.73. The Labute approximate surface area is 163 Å². The van der Waals surface area contributed by atoms with Gasteiger partial charge in [0, 0.05) is 41.7 Å². The fraction of sp³-hybridized carbons (Fsp3) is 0.0800. The highest BCUT2D eigenvalue weighted by Crippen LogP contribution is 2.37. The maximum atomic E-state index is 10.8. The number of phenols is 2. The number of aromatic hydroxyl groups is 2. The maximum Gasteiger partial charge on any atom is 0.130 e. The fourth-order valence-corrected chi connectivity index (χ4v) is 3.21. The Hall–Kier alpha value is -3.77. The number of aromatic nitrogens is 1. The molecule has 0 aliphatic carbocycles. The molecule has 1 heterocycles. The summed E-state index contributed by atoms with van der Waals surface area (Å²) in [6, 6.07) is 21.0. The molecular formula is C25H19NO2. The number of nitrogens with zero attached hydrogens (tertiary/aromatic N) is 1. The third-order valence-electron chi connectivity index (χ3n) is 4.67. The Kier molecular flexibility index (Phi) is 4.95. The molecule has 2 N–H and O–H groups in total. The van der Waals surface area contributed by atoms with Crippen molar-refractivity contribution in [2.24, 2.45) is 0 Å². The molecule has 0 atom stereocenters. The van der Waals surface area contributed by atoms with Gasteiger partial charge in [0.15, 0.2) is 0 Å². The molecule has 0 bridgehead atoms. The first kappa shape index (κ1) is 17.6. The summed E-state index contributed by atoms with van der Waals surface area (Å²) >= 11 is 0. The Balaban J connectivity index is 1.67. The number of pyridine rings is 1. The van der Waals surface area contributed by atoms with Crippen LogP contribution in [0.2, 0.25) is 0 Å². The molecule has 0 spiro atoms. The van der Waals surface area contributed by atoms with Crippen LogP contribution in [-0.4, -0.2) is 15.2 Å². The van der Waals surface area contributed by atoms with Crippen LogP contribution in [0.4, 0.5) is 0 Å². The normalized spacial score (nSPS) is 10.4. The first-order valence-electron chi connectivity index (χ1n) is 9.10. The molecule has 0 saturated carbocycles. The van der Waals surface area contributed by atoms with Crippen LogP contribution in [0.1, 0.15) is 22.3 Å². The summed E-state index contributed by atoms with van der Waals surface area (Å²) < 4.78 is 0. The molecule has 0 unspecified atom stereocenters.